The molecule has 0 spiro atoms. The zero-order valence-electron chi connectivity index (χ0n) is 17.4. The highest BCUT2D eigenvalue weighted by molar-refractivity contribution is 6.30. The highest BCUT2D eigenvalue weighted by Gasteiger charge is 2.53. The summed E-state index contributed by atoms with van der Waals surface area (Å²) in [5, 5.41) is 0.467. The van der Waals surface area contributed by atoms with E-state index in [0.717, 1.165) is 20.8 Å². The summed E-state index contributed by atoms with van der Waals surface area (Å²) < 4.78 is 32.5. The first-order chi connectivity index (χ1) is 14.6. The average Bonchev–Trinajstić information content (AvgIpc) is 2.65. The summed E-state index contributed by atoms with van der Waals surface area (Å²) in [5.41, 5.74) is 0. The van der Waals surface area contributed by atoms with E-state index < -0.39 is 54.6 Å². The quantitative estimate of drug-likeness (QED) is 0.441. The van der Waals surface area contributed by atoms with Gasteiger partial charge in [-0.2, -0.15) is 0 Å². The number of carbonyl (C=O) groups is 4. The number of hydrogen-bond acceptors (Lipinski definition) is 10. The fraction of sp³-hybridized carbons (Fsp3) is 0.500. The maximum Gasteiger partial charge on any atom is 0.303 e. The first-order valence-electron chi connectivity index (χ1n) is 9.29. The molecular weight excluding hydrogens is 436 g/mol. The van der Waals surface area contributed by atoms with Crippen LogP contribution in [0.2, 0.25) is 5.02 Å². The Morgan fingerprint density at radius 2 is 1.32 bits per heavy atom. The van der Waals surface area contributed by atoms with Gasteiger partial charge in [0, 0.05) is 32.7 Å². The molecule has 0 amide bonds. The smallest absolute Gasteiger partial charge is 0.303 e. The van der Waals surface area contributed by atoms with Crippen LogP contribution in [-0.2, 0) is 42.9 Å². The molecular formula is C20H23ClO10. The Balaban J connectivity index is 2.43. The summed E-state index contributed by atoms with van der Waals surface area (Å²) in [6.45, 7) is 4.29. The van der Waals surface area contributed by atoms with Crippen molar-refractivity contribution in [3.8, 4) is 5.75 Å². The lowest BCUT2D eigenvalue weighted by atomic mass is 9.98. The van der Waals surface area contributed by atoms with Crippen molar-refractivity contribution < 1.29 is 47.6 Å². The maximum absolute atomic E-state index is 11.8. The first kappa shape index (κ1) is 24.4. The van der Waals surface area contributed by atoms with Gasteiger partial charge in [-0.15, -0.1) is 0 Å². The number of halogens is 1. The van der Waals surface area contributed by atoms with Crippen molar-refractivity contribution in [3.63, 3.8) is 0 Å². The molecule has 170 valence electrons. The van der Waals surface area contributed by atoms with Crippen LogP contribution in [-0.4, -0.2) is 61.2 Å². The zero-order chi connectivity index (χ0) is 23.1. The van der Waals surface area contributed by atoms with Crippen LogP contribution >= 0.6 is 11.6 Å². The average molecular weight is 459 g/mol. The summed E-state index contributed by atoms with van der Waals surface area (Å²) in [6.07, 6.45) is -6.20. The molecule has 0 unspecified atom stereocenters. The van der Waals surface area contributed by atoms with Gasteiger partial charge in [0.1, 0.15) is 18.5 Å². The molecule has 0 saturated carbocycles. The topological polar surface area (TPSA) is 124 Å². The Hall–Kier alpha value is -2.85. The number of carbonyl (C=O) groups excluding carboxylic acids is 4. The van der Waals surface area contributed by atoms with E-state index in [9.17, 15) is 19.2 Å². The van der Waals surface area contributed by atoms with E-state index >= 15 is 0 Å². The van der Waals surface area contributed by atoms with E-state index in [2.05, 4.69) is 0 Å². The molecule has 2 rings (SSSR count). The number of esters is 4. The zero-order valence-corrected chi connectivity index (χ0v) is 18.1. The lowest BCUT2D eigenvalue weighted by Crippen LogP contribution is -2.63. The molecule has 0 aliphatic carbocycles. The molecule has 1 saturated heterocycles. The molecule has 0 radical (unpaired) electrons. The number of hydrogen-bond donors (Lipinski definition) is 0. The maximum atomic E-state index is 11.8. The molecule has 0 N–H and O–H groups in total. The normalized spacial score (nSPS) is 25.1. The van der Waals surface area contributed by atoms with Gasteiger partial charge in [-0.05, 0) is 24.3 Å². The molecule has 31 heavy (non-hydrogen) atoms. The second kappa shape index (κ2) is 11.0. The van der Waals surface area contributed by atoms with E-state index in [1.165, 1.54) is 6.92 Å². The summed E-state index contributed by atoms with van der Waals surface area (Å²) in [4.78, 5) is 46.5. The number of benzene rings is 1. The van der Waals surface area contributed by atoms with Crippen LogP contribution in [0.4, 0.5) is 0 Å². The molecule has 1 heterocycles. The Labute approximate surface area is 183 Å². The second-order valence-electron chi connectivity index (χ2n) is 6.64. The molecule has 1 aromatic carbocycles. The molecule has 1 aliphatic heterocycles. The minimum Gasteiger partial charge on any atom is -0.463 e. The SMILES string of the molecule is CC(=O)OC[C@H]1O[C@H](Oc2ccc(Cl)cc2)[C@@H](OC(C)=O)[C@@H](OC(C)=O)[C@@H]1OC(C)=O. The highest BCUT2D eigenvalue weighted by atomic mass is 35.5. The van der Waals surface area contributed by atoms with Gasteiger partial charge in [-0.3, -0.25) is 19.2 Å². The fourth-order valence-electron chi connectivity index (χ4n) is 2.93. The summed E-state index contributed by atoms with van der Waals surface area (Å²) >= 11 is 5.88. The predicted octanol–water partition coefficient (Wildman–Crippen LogP) is 1.80. The molecule has 0 aromatic heterocycles. The summed E-state index contributed by atoms with van der Waals surface area (Å²) in [6, 6.07) is 6.25. The third-order valence-corrected chi connectivity index (χ3v) is 4.27. The van der Waals surface area contributed by atoms with Gasteiger partial charge in [0.2, 0.25) is 12.4 Å². The third-order valence-electron chi connectivity index (χ3n) is 4.01. The van der Waals surface area contributed by atoms with Gasteiger partial charge in [0.15, 0.2) is 12.2 Å². The minimum absolute atomic E-state index is 0.310. The Morgan fingerprint density at radius 3 is 1.84 bits per heavy atom. The lowest BCUT2D eigenvalue weighted by Gasteiger charge is -2.43. The minimum atomic E-state index is -1.30. The van der Waals surface area contributed by atoms with Crippen LogP contribution in [0.15, 0.2) is 24.3 Å². The van der Waals surface area contributed by atoms with Crippen LogP contribution in [0, 0.1) is 0 Å². The third kappa shape index (κ3) is 7.41. The second-order valence-corrected chi connectivity index (χ2v) is 7.08. The van der Waals surface area contributed by atoms with Crippen molar-refractivity contribution in [2.75, 3.05) is 6.61 Å². The van der Waals surface area contributed by atoms with Gasteiger partial charge in [-0.25, -0.2) is 0 Å². The predicted molar refractivity (Wildman–Crippen MR) is 104 cm³/mol. The van der Waals surface area contributed by atoms with Crippen LogP contribution in [0.5, 0.6) is 5.75 Å². The van der Waals surface area contributed by atoms with Gasteiger partial charge in [0.25, 0.3) is 0 Å². The van der Waals surface area contributed by atoms with Crippen LogP contribution in [0.3, 0.4) is 0 Å². The largest absolute Gasteiger partial charge is 0.463 e. The Kier molecular flexibility index (Phi) is 8.64. The van der Waals surface area contributed by atoms with E-state index in [-0.39, 0.29) is 6.61 Å². The van der Waals surface area contributed by atoms with Crippen molar-refractivity contribution >= 4 is 35.5 Å². The lowest BCUT2D eigenvalue weighted by molar-refractivity contribution is -0.288. The Morgan fingerprint density at radius 1 is 0.806 bits per heavy atom. The van der Waals surface area contributed by atoms with E-state index in [1.54, 1.807) is 24.3 Å². The van der Waals surface area contributed by atoms with Crippen LogP contribution < -0.4 is 4.74 Å². The van der Waals surface area contributed by atoms with Crippen LogP contribution in [0.1, 0.15) is 27.7 Å². The molecule has 1 aromatic rings. The molecule has 0 bridgehead atoms. The summed E-state index contributed by atoms with van der Waals surface area (Å²) in [5.74, 6) is -2.44. The van der Waals surface area contributed by atoms with Gasteiger partial charge in [-0.1, -0.05) is 11.6 Å². The van der Waals surface area contributed by atoms with E-state index in [4.69, 9.17) is 40.0 Å². The van der Waals surface area contributed by atoms with E-state index in [1.807, 2.05) is 0 Å². The van der Waals surface area contributed by atoms with Crippen molar-refractivity contribution in [1.29, 1.82) is 0 Å². The molecule has 1 aliphatic rings. The van der Waals surface area contributed by atoms with Crippen molar-refractivity contribution in [1.82, 2.24) is 0 Å². The van der Waals surface area contributed by atoms with Crippen molar-refractivity contribution in [2.24, 2.45) is 0 Å². The van der Waals surface area contributed by atoms with Crippen molar-refractivity contribution in [2.45, 2.75) is 58.4 Å². The molecule has 11 heteroatoms. The van der Waals surface area contributed by atoms with Gasteiger partial charge in [0.05, 0.1) is 0 Å². The van der Waals surface area contributed by atoms with Crippen molar-refractivity contribution in [3.05, 3.63) is 29.3 Å². The van der Waals surface area contributed by atoms with Gasteiger partial charge >= 0.3 is 23.9 Å². The van der Waals surface area contributed by atoms with Gasteiger partial charge < -0.3 is 28.4 Å². The van der Waals surface area contributed by atoms with E-state index in [0.29, 0.717) is 10.8 Å². The standard InChI is InChI=1S/C20H23ClO10/c1-10(22)26-9-16-17(27-11(2)23)18(28-12(3)24)19(29-13(4)25)20(31-16)30-15-7-5-14(21)6-8-15/h5-8,16-20H,9H2,1-4H3/t16-,17-,18+,19+,20+/m1/s1. The Bertz CT molecular complexity index is 809. The monoisotopic (exact) mass is 458 g/mol. The highest BCUT2D eigenvalue weighted by Crippen LogP contribution is 2.31. The fourth-order valence-corrected chi connectivity index (χ4v) is 3.06. The number of ether oxygens (including phenoxy) is 6. The summed E-state index contributed by atoms with van der Waals surface area (Å²) in [7, 11) is 0. The van der Waals surface area contributed by atoms with Crippen LogP contribution in [0.25, 0.3) is 0 Å². The molecule has 5 atom stereocenters. The molecule has 1 fully saturated rings. The number of rotatable bonds is 7. The molecule has 10 nitrogen and oxygen atoms in total. The first-order valence-corrected chi connectivity index (χ1v) is 9.67.